The van der Waals surface area contributed by atoms with E-state index in [1.807, 2.05) is 0 Å². The van der Waals surface area contributed by atoms with Crippen LogP contribution in [0, 0.1) is 0 Å². The van der Waals surface area contributed by atoms with Crippen molar-refractivity contribution in [2.45, 2.75) is 187 Å². The summed E-state index contributed by atoms with van der Waals surface area (Å²) < 4.78 is 0.181. The monoisotopic (exact) mass is 501 g/mol. The first kappa shape index (κ1) is 33.7. The Kier molecular flexibility index (Phi) is 28.7. The Balaban J connectivity index is 3.05. The second kappa shape index (κ2) is 29.0. The summed E-state index contributed by atoms with van der Waals surface area (Å²) in [5.74, 6) is -0.402. The third-order valence-corrected chi connectivity index (χ3v) is 7.39. The molecule has 0 heterocycles. The molecule has 0 fully saturated rings. The lowest BCUT2D eigenvalue weighted by Gasteiger charge is -2.05. The predicted octanol–water partition coefficient (Wildman–Crippen LogP) is 11.3. The van der Waals surface area contributed by atoms with Crippen LogP contribution in [-0.2, 0) is 4.79 Å². The summed E-state index contributed by atoms with van der Waals surface area (Å²) in [6.45, 7) is 2.29. The van der Waals surface area contributed by atoms with E-state index in [9.17, 15) is 4.79 Å². The molecule has 0 rings (SSSR count). The fourth-order valence-corrected chi connectivity index (χ4v) is 4.95. The first-order chi connectivity index (χ1) is 16.7. The van der Waals surface area contributed by atoms with Gasteiger partial charge in [0.25, 0.3) is 5.91 Å². The molecule has 0 unspecified atom stereocenters. The first-order valence-corrected chi connectivity index (χ1v) is 15.7. The molecule has 0 spiro atoms. The summed E-state index contributed by atoms with van der Waals surface area (Å²) in [6.07, 6.45) is 37.6. The van der Waals surface area contributed by atoms with E-state index < -0.39 is 5.91 Å². The predicted molar refractivity (Wildman–Crippen MR) is 149 cm³/mol. The van der Waals surface area contributed by atoms with E-state index in [1.165, 1.54) is 161 Å². The van der Waals surface area contributed by atoms with E-state index >= 15 is 0 Å². The fraction of sp³-hybridized carbons (Fsp3) is 0.967. The molecule has 0 saturated heterocycles. The van der Waals surface area contributed by atoms with Crippen LogP contribution in [0.1, 0.15) is 187 Å². The Labute approximate surface area is 218 Å². The number of carbonyl (C=O) groups is 1. The normalized spacial score (nSPS) is 11.3. The molecule has 1 amide bonds. The van der Waals surface area contributed by atoms with Gasteiger partial charge in [-0.3, -0.25) is 10.0 Å². The second-order valence-electron chi connectivity index (χ2n) is 10.6. The molecule has 0 atom stereocenters. The van der Waals surface area contributed by atoms with Crippen molar-refractivity contribution in [3.8, 4) is 0 Å². The summed E-state index contributed by atoms with van der Waals surface area (Å²) in [7, 11) is 0. The van der Waals surface area contributed by atoms with E-state index in [1.54, 1.807) is 0 Å². The zero-order valence-corrected chi connectivity index (χ0v) is 23.7. The molecule has 0 saturated carbocycles. The maximum absolute atomic E-state index is 11.1. The van der Waals surface area contributed by atoms with E-state index in [2.05, 4.69) is 6.92 Å². The van der Waals surface area contributed by atoms with Crippen molar-refractivity contribution in [1.82, 2.24) is 4.58 Å². The quantitative estimate of drug-likeness (QED) is 0.0500. The van der Waals surface area contributed by atoms with Gasteiger partial charge in [-0.15, -0.1) is 4.58 Å². The smallest absolute Gasteiger partial charge is 0.261 e. The highest BCUT2D eigenvalue weighted by Crippen LogP contribution is 2.16. The Morgan fingerprint density at radius 1 is 0.471 bits per heavy atom. The zero-order chi connectivity index (χ0) is 25.0. The van der Waals surface area contributed by atoms with Crippen molar-refractivity contribution in [1.29, 1.82) is 0 Å². The first-order valence-electron chi connectivity index (χ1n) is 15.4. The van der Waals surface area contributed by atoms with Gasteiger partial charge in [0.05, 0.1) is 0 Å². The minimum atomic E-state index is -0.402. The summed E-state index contributed by atoms with van der Waals surface area (Å²) in [5.41, 5.74) is 0. The molecule has 0 radical (unpaired) electrons. The molecule has 0 aromatic rings. The van der Waals surface area contributed by atoms with Crippen molar-refractivity contribution in [2.24, 2.45) is 0 Å². The van der Waals surface area contributed by atoms with Crippen molar-refractivity contribution >= 4 is 17.7 Å². The lowest BCUT2D eigenvalue weighted by atomic mass is 10.0. The lowest BCUT2D eigenvalue weighted by molar-refractivity contribution is -0.146. The van der Waals surface area contributed by atoms with Gasteiger partial charge in [-0.05, 0) is 6.42 Å². The summed E-state index contributed by atoms with van der Waals surface area (Å²) in [5, 5.41) is 8.77. The number of rotatable bonds is 28. The fourth-order valence-electron chi connectivity index (χ4n) is 4.86. The number of hydroxylamine groups is 1. The van der Waals surface area contributed by atoms with Crippen LogP contribution in [0.5, 0.6) is 0 Å². The van der Waals surface area contributed by atoms with Crippen molar-refractivity contribution < 1.29 is 10.0 Å². The molecule has 1 N–H and O–H groups in total. The molecular formula is C30H60ClNO2. The molecule has 0 aliphatic rings. The van der Waals surface area contributed by atoms with Gasteiger partial charge in [-0.25, -0.2) is 0 Å². The largest absolute Gasteiger partial charge is 0.271 e. The maximum atomic E-state index is 11.1. The van der Waals surface area contributed by atoms with Crippen LogP contribution >= 0.6 is 11.8 Å². The van der Waals surface area contributed by atoms with E-state index in [0.717, 1.165) is 12.8 Å². The van der Waals surface area contributed by atoms with Crippen LogP contribution in [0.3, 0.4) is 0 Å². The molecule has 0 aromatic carbocycles. The van der Waals surface area contributed by atoms with Crippen molar-refractivity contribution in [2.75, 3.05) is 0 Å². The van der Waals surface area contributed by atoms with Crippen LogP contribution in [-0.4, -0.2) is 15.7 Å². The molecule has 0 aliphatic carbocycles. The molecule has 204 valence electrons. The molecule has 34 heavy (non-hydrogen) atoms. The van der Waals surface area contributed by atoms with Gasteiger partial charge < -0.3 is 0 Å². The van der Waals surface area contributed by atoms with Gasteiger partial charge >= 0.3 is 0 Å². The summed E-state index contributed by atoms with van der Waals surface area (Å²) >= 11 is 5.18. The Hall–Kier alpha value is -0.280. The van der Waals surface area contributed by atoms with Gasteiger partial charge in [0.2, 0.25) is 0 Å². The van der Waals surface area contributed by atoms with E-state index in [4.69, 9.17) is 17.0 Å². The average molecular weight is 502 g/mol. The molecule has 0 aromatic heterocycles. The van der Waals surface area contributed by atoms with Gasteiger partial charge in [0, 0.05) is 18.2 Å². The number of amides is 1. The highest BCUT2D eigenvalue weighted by molar-refractivity contribution is 6.19. The highest BCUT2D eigenvalue weighted by Gasteiger charge is 2.06. The van der Waals surface area contributed by atoms with Crippen LogP contribution in [0.2, 0.25) is 0 Å². The lowest BCUT2D eigenvalue weighted by Crippen LogP contribution is -2.16. The Morgan fingerprint density at radius 2 is 0.676 bits per heavy atom. The second-order valence-corrected chi connectivity index (χ2v) is 10.9. The Morgan fingerprint density at radius 3 is 0.882 bits per heavy atom. The van der Waals surface area contributed by atoms with Crippen molar-refractivity contribution in [3.63, 3.8) is 0 Å². The van der Waals surface area contributed by atoms with E-state index in [0.29, 0.717) is 6.42 Å². The van der Waals surface area contributed by atoms with Gasteiger partial charge in [0.1, 0.15) is 0 Å². The summed E-state index contributed by atoms with van der Waals surface area (Å²) in [4.78, 5) is 11.1. The summed E-state index contributed by atoms with van der Waals surface area (Å²) in [6, 6.07) is 0. The van der Waals surface area contributed by atoms with Crippen molar-refractivity contribution in [3.05, 3.63) is 0 Å². The molecule has 4 heteroatoms. The van der Waals surface area contributed by atoms with Gasteiger partial charge in [-0.1, -0.05) is 174 Å². The van der Waals surface area contributed by atoms with Crippen LogP contribution in [0.4, 0.5) is 0 Å². The van der Waals surface area contributed by atoms with Crippen LogP contribution in [0.15, 0.2) is 0 Å². The standard InChI is InChI=1S/C30H60ClNO2/c1-2-3-4-5-6-7-8-9-10-11-12-13-14-15-16-17-18-19-20-21-22-23-24-25-26-27-28-29-30(33)32(31)34/h34H,2-29H2,1H3. The molecule has 0 aliphatic heterocycles. The van der Waals surface area contributed by atoms with Crippen LogP contribution in [0.25, 0.3) is 0 Å². The SMILES string of the molecule is CCCCCCCCCCCCCCCCCCCCCCCCCCCCCC(=O)N(O)Cl. The Bertz CT molecular complexity index is 403. The van der Waals surface area contributed by atoms with E-state index in [-0.39, 0.29) is 4.58 Å². The third kappa shape index (κ3) is 28.0. The minimum Gasteiger partial charge on any atom is -0.271 e. The van der Waals surface area contributed by atoms with Gasteiger partial charge in [0.15, 0.2) is 0 Å². The van der Waals surface area contributed by atoms with Crippen LogP contribution < -0.4 is 0 Å². The molecule has 3 nitrogen and oxygen atoms in total. The topological polar surface area (TPSA) is 40.5 Å². The zero-order valence-electron chi connectivity index (χ0n) is 23.0. The molecular weight excluding hydrogens is 442 g/mol. The number of nitrogens with zero attached hydrogens (tertiary/aromatic N) is 1. The number of unbranched alkanes of at least 4 members (excludes halogenated alkanes) is 26. The number of hydrogen-bond donors (Lipinski definition) is 1. The van der Waals surface area contributed by atoms with Gasteiger partial charge in [-0.2, -0.15) is 0 Å². The number of carbonyl (C=O) groups excluding carboxylic acids is 1. The average Bonchev–Trinajstić information content (AvgIpc) is 2.83. The number of halogens is 1. The highest BCUT2D eigenvalue weighted by atomic mass is 35.5. The minimum absolute atomic E-state index is 0.181. The third-order valence-electron chi connectivity index (χ3n) is 7.20. The maximum Gasteiger partial charge on any atom is 0.261 e. The molecule has 0 bridgehead atoms. The number of hydrogen-bond acceptors (Lipinski definition) is 2.